The largest absolute Gasteiger partial charge is 0.543 e. The smallest absolute Gasteiger partial charge is 0.250 e. The van der Waals surface area contributed by atoms with Crippen LogP contribution in [0.5, 0.6) is 5.75 Å². The van der Waals surface area contributed by atoms with Gasteiger partial charge in [-0.1, -0.05) is 26.8 Å². The molecule has 0 radical (unpaired) electrons. The van der Waals surface area contributed by atoms with Gasteiger partial charge in [0, 0.05) is 18.2 Å². The molecular weight excluding hydrogens is 233 g/mol. The van der Waals surface area contributed by atoms with Crippen molar-refractivity contribution in [3.05, 3.63) is 29.6 Å². The third-order valence-corrected chi connectivity index (χ3v) is 7.78. The van der Waals surface area contributed by atoms with E-state index in [9.17, 15) is 4.39 Å². The van der Waals surface area contributed by atoms with E-state index in [0.29, 0.717) is 11.3 Å². The maximum Gasteiger partial charge on any atom is 0.250 e. The summed E-state index contributed by atoms with van der Waals surface area (Å²) in [5, 5.41) is 0.107. The van der Waals surface area contributed by atoms with E-state index in [0.717, 1.165) is 0 Å². The Morgan fingerprint density at radius 2 is 1.88 bits per heavy atom. The van der Waals surface area contributed by atoms with Gasteiger partial charge in [-0.2, -0.15) is 0 Å². The highest BCUT2D eigenvalue weighted by Gasteiger charge is 2.39. The highest BCUT2D eigenvalue weighted by molar-refractivity contribution is 6.74. The third kappa shape index (κ3) is 3.29. The lowest BCUT2D eigenvalue weighted by molar-refractivity contribution is 0.486. The zero-order chi connectivity index (χ0) is 13.3. The summed E-state index contributed by atoms with van der Waals surface area (Å²) in [6.45, 7) is 11.0. The second kappa shape index (κ2) is 4.78. The topological polar surface area (TPSA) is 35.2 Å². The molecule has 0 unspecified atom stereocenters. The van der Waals surface area contributed by atoms with Crippen molar-refractivity contribution >= 4 is 8.32 Å². The van der Waals surface area contributed by atoms with E-state index in [1.807, 2.05) is 0 Å². The average Bonchev–Trinajstić information content (AvgIpc) is 2.15. The summed E-state index contributed by atoms with van der Waals surface area (Å²) in [7, 11) is -1.89. The molecule has 17 heavy (non-hydrogen) atoms. The molecule has 1 aromatic rings. The molecule has 1 rings (SSSR count). The van der Waals surface area contributed by atoms with Crippen LogP contribution in [-0.4, -0.2) is 8.32 Å². The molecule has 96 valence electrons. The van der Waals surface area contributed by atoms with Gasteiger partial charge in [-0.05, 0) is 24.2 Å². The fourth-order valence-corrected chi connectivity index (χ4v) is 2.23. The first kappa shape index (κ1) is 14.2. The van der Waals surface area contributed by atoms with Gasteiger partial charge in [0.05, 0.1) is 0 Å². The van der Waals surface area contributed by atoms with Gasteiger partial charge in [-0.15, -0.1) is 0 Å². The van der Waals surface area contributed by atoms with Crippen LogP contribution in [0.2, 0.25) is 18.1 Å². The summed E-state index contributed by atoms with van der Waals surface area (Å²) in [6.07, 6.45) is 0. The maximum absolute atomic E-state index is 13.6. The Bertz CT molecular complexity index is 399. The van der Waals surface area contributed by atoms with Crippen LogP contribution in [0.15, 0.2) is 18.2 Å². The van der Waals surface area contributed by atoms with Gasteiger partial charge in [-0.3, -0.25) is 0 Å². The molecule has 0 saturated carbocycles. The van der Waals surface area contributed by atoms with Crippen molar-refractivity contribution in [2.45, 2.75) is 45.4 Å². The average molecular weight is 255 g/mol. The molecule has 2 nitrogen and oxygen atoms in total. The Kier molecular flexibility index (Phi) is 3.99. The van der Waals surface area contributed by atoms with E-state index in [4.69, 9.17) is 10.2 Å². The summed E-state index contributed by atoms with van der Waals surface area (Å²) in [5.41, 5.74) is 5.95. The molecule has 0 fully saturated rings. The lowest BCUT2D eigenvalue weighted by Gasteiger charge is -2.36. The summed E-state index contributed by atoms with van der Waals surface area (Å²) in [4.78, 5) is 0. The van der Waals surface area contributed by atoms with E-state index in [-0.39, 0.29) is 17.4 Å². The Hall–Kier alpha value is -0.873. The lowest BCUT2D eigenvalue weighted by Crippen LogP contribution is -2.43. The molecule has 0 aliphatic carbocycles. The maximum atomic E-state index is 13.6. The van der Waals surface area contributed by atoms with Crippen molar-refractivity contribution in [1.82, 2.24) is 0 Å². The van der Waals surface area contributed by atoms with Crippen LogP contribution in [0.1, 0.15) is 26.3 Å². The van der Waals surface area contributed by atoms with E-state index < -0.39 is 8.32 Å². The van der Waals surface area contributed by atoms with E-state index in [2.05, 4.69) is 33.9 Å². The van der Waals surface area contributed by atoms with Crippen LogP contribution >= 0.6 is 0 Å². The molecule has 1 aromatic carbocycles. The van der Waals surface area contributed by atoms with Crippen LogP contribution in [0.25, 0.3) is 0 Å². The second-order valence-electron chi connectivity index (χ2n) is 5.82. The quantitative estimate of drug-likeness (QED) is 0.836. The van der Waals surface area contributed by atoms with Crippen LogP contribution in [0, 0.1) is 5.82 Å². The molecule has 0 heterocycles. The summed E-state index contributed by atoms with van der Waals surface area (Å²) < 4.78 is 19.6. The first-order chi connectivity index (χ1) is 7.67. The van der Waals surface area contributed by atoms with Crippen molar-refractivity contribution in [2.24, 2.45) is 5.73 Å². The van der Waals surface area contributed by atoms with Crippen LogP contribution in [0.3, 0.4) is 0 Å². The van der Waals surface area contributed by atoms with Crippen molar-refractivity contribution in [3.8, 4) is 5.75 Å². The highest BCUT2D eigenvalue weighted by atomic mass is 28.4. The van der Waals surface area contributed by atoms with Gasteiger partial charge in [0.25, 0.3) is 0 Å². The van der Waals surface area contributed by atoms with Crippen molar-refractivity contribution in [1.29, 1.82) is 0 Å². The Morgan fingerprint density at radius 1 is 1.29 bits per heavy atom. The number of hydrogen-bond acceptors (Lipinski definition) is 2. The van der Waals surface area contributed by atoms with Crippen LogP contribution in [-0.2, 0) is 6.54 Å². The van der Waals surface area contributed by atoms with Crippen molar-refractivity contribution in [2.75, 3.05) is 0 Å². The summed E-state index contributed by atoms with van der Waals surface area (Å²) in [6, 6.07) is 4.92. The zero-order valence-corrected chi connectivity index (χ0v) is 12.3. The van der Waals surface area contributed by atoms with E-state index >= 15 is 0 Å². The zero-order valence-electron chi connectivity index (χ0n) is 11.3. The predicted molar refractivity (Wildman–Crippen MR) is 72.1 cm³/mol. The molecule has 0 saturated heterocycles. The van der Waals surface area contributed by atoms with E-state index in [1.165, 1.54) is 6.07 Å². The van der Waals surface area contributed by atoms with Crippen LogP contribution < -0.4 is 10.2 Å². The second-order valence-corrected chi connectivity index (χ2v) is 10.5. The van der Waals surface area contributed by atoms with Crippen molar-refractivity contribution in [3.63, 3.8) is 0 Å². The van der Waals surface area contributed by atoms with E-state index in [1.54, 1.807) is 12.1 Å². The number of benzene rings is 1. The summed E-state index contributed by atoms with van der Waals surface area (Å²) >= 11 is 0. The number of hydrogen-bond donors (Lipinski definition) is 1. The molecule has 0 atom stereocenters. The first-order valence-corrected chi connectivity index (χ1v) is 8.76. The van der Waals surface area contributed by atoms with Gasteiger partial charge in [-0.25, -0.2) is 4.39 Å². The van der Waals surface area contributed by atoms with Gasteiger partial charge in [0.1, 0.15) is 11.6 Å². The fourth-order valence-electron chi connectivity index (χ4n) is 1.20. The molecule has 0 spiro atoms. The SMILES string of the molecule is CC(C)(C)[Si](C)(C)Oc1ccc(CN)c(F)c1. The van der Waals surface area contributed by atoms with Gasteiger partial charge >= 0.3 is 0 Å². The minimum Gasteiger partial charge on any atom is -0.543 e. The van der Waals surface area contributed by atoms with Gasteiger partial charge in [0.2, 0.25) is 8.32 Å². The third-order valence-electron chi connectivity index (χ3n) is 3.42. The normalized spacial score (nSPS) is 12.6. The Morgan fingerprint density at radius 3 is 2.29 bits per heavy atom. The number of nitrogens with two attached hydrogens (primary N) is 1. The minimum absolute atomic E-state index is 0.107. The minimum atomic E-state index is -1.89. The highest BCUT2D eigenvalue weighted by Crippen LogP contribution is 2.37. The first-order valence-electron chi connectivity index (χ1n) is 5.85. The summed E-state index contributed by atoms with van der Waals surface area (Å²) in [5.74, 6) is 0.315. The number of halogens is 1. The Labute approximate surface area is 104 Å². The van der Waals surface area contributed by atoms with Gasteiger partial charge < -0.3 is 10.2 Å². The number of rotatable bonds is 3. The molecule has 0 aromatic heterocycles. The predicted octanol–water partition coefficient (Wildman–Crippen LogP) is 3.67. The fraction of sp³-hybridized carbons (Fsp3) is 0.538. The van der Waals surface area contributed by atoms with Crippen LogP contribution in [0.4, 0.5) is 4.39 Å². The van der Waals surface area contributed by atoms with Crippen molar-refractivity contribution < 1.29 is 8.82 Å². The molecular formula is C13H22FNOSi. The molecule has 0 aliphatic heterocycles. The molecule has 4 heteroatoms. The standard InChI is InChI=1S/C13H22FNOSi/c1-13(2,3)17(4,5)16-11-7-6-10(9-15)12(14)8-11/h6-8H,9,15H2,1-5H3. The lowest BCUT2D eigenvalue weighted by atomic mass is 10.2. The monoisotopic (exact) mass is 255 g/mol. The molecule has 0 aliphatic rings. The molecule has 2 N–H and O–H groups in total. The Balaban J connectivity index is 2.93. The van der Waals surface area contributed by atoms with Gasteiger partial charge in [0.15, 0.2) is 0 Å². The molecule has 0 bridgehead atoms. The molecule has 0 amide bonds.